The van der Waals surface area contributed by atoms with Gasteiger partial charge in [0.25, 0.3) is 0 Å². The third-order valence-electron chi connectivity index (χ3n) is 2.80. The molecule has 0 amide bonds. The topological polar surface area (TPSA) is 50.9 Å². The highest BCUT2D eigenvalue weighted by Crippen LogP contribution is 2.10. The molecule has 0 aliphatic heterocycles. The van der Waals surface area contributed by atoms with Crippen molar-refractivity contribution in [3.05, 3.63) is 59.3 Å². The number of hydrogen-bond acceptors (Lipinski definition) is 3. The van der Waals surface area contributed by atoms with Crippen LogP contribution >= 0.6 is 12.2 Å². The SMILES string of the molecule is Cc1cc(C(N)=S)cc(NCCc2ccccc2)n1. The molecule has 1 heterocycles. The fourth-order valence-electron chi connectivity index (χ4n) is 1.88. The Morgan fingerprint density at radius 3 is 2.68 bits per heavy atom. The molecule has 0 aliphatic rings. The third-order valence-corrected chi connectivity index (χ3v) is 3.04. The summed E-state index contributed by atoms with van der Waals surface area (Å²) in [4.78, 5) is 4.82. The van der Waals surface area contributed by atoms with E-state index in [4.69, 9.17) is 18.0 Å². The van der Waals surface area contributed by atoms with Gasteiger partial charge in [0.15, 0.2) is 0 Å². The van der Waals surface area contributed by atoms with Crippen molar-refractivity contribution in [1.82, 2.24) is 4.98 Å². The van der Waals surface area contributed by atoms with Crippen LogP contribution in [0.5, 0.6) is 0 Å². The van der Waals surface area contributed by atoms with E-state index >= 15 is 0 Å². The predicted octanol–water partition coefficient (Wildman–Crippen LogP) is 2.68. The predicted molar refractivity (Wildman–Crippen MR) is 83.5 cm³/mol. The minimum absolute atomic E-state index is 0.400. The number of aromatic nitrogens is 1. The Hall–Kier alpha value is -1.94. The summed E-state index contributed by atoms with van der Waals surface area (Å²) in [6, 6.07) is 14.1. The maximum atomic E-state index is 5.65. The van der Waals surface area contributed by atoms with Gasteiger partial charge in [-0.25, -0.2) is 4.98 Å². The highest BCUT2D eigenvalue weighted by Gasteiger charge is 2.02. The summed E-state index contributed by atoms with van der Waals surface area (Å²) in [7, 11) is 0. The zero-order valence-electron chi connectivity index (χ0n) is 10.9. The number of pyridine rings is 1. The summed E-state index contributed by atoms with van der Waals surface area (Å²) >= 11 is 4.99. The Bertz CT molecular complexity index is 567. The second-order valence-electron chi connectivity index (χ2n) is 4.41. The first-order valence-corrected chi connectivity index (χ1v) is 6.62. The first-order valence-electron chi connectivity index (χ1n) is 6.21. The number of thiocarbonyl (C=S) groups is 1. The van der Waals surface area contributed by atoms with Crippen LogP contribution in [0.25, 0.3) is 0 Å². The molecule has 0 bridgehead atoms. The quantitative estimate of drug-likeness (QED) is 0.821. The van der Waals surface area contributed by atoms with Gasteiger partial charge < -0.3 is 11.1 Å². The molecule has 3 nitrogen and oxygen atoms in total. The highest BCUT2D eigenvalue weighted by atomic mass is 32.1. The molecular formula is C15H17N3S. The monoisotopic (exact) mass is 271 g/mol. The number of aryl methyl sites for hydroxylation is 1. The summed E-state index contributed by atoms with van der Waals surface area (Å²) < 4.78 is 0. The van der Waals surface area contributed by atoms with Crippen molar-refractivity contribution in [1.29, 1.82) is 0 Å². The van der Waals surface area contributed by atoms with Crippen molar-refractivity contribution in [2.75, 3.05) is 11.9 Å². The summed E-state index contributed by atoms with van der Waals surface area (Å²) in [6.45, 7) is 2.77. The lowest BCUT2D eigenvalue weighted by atomic mass is 10.1. The van der Waals surface area contributed by atoms with E-state index in [0.717, 1.165) is 30.0 Å². The normalized spacial score (nSPS) is 10.2. The van der Waals surface area contributed by atoms with Crippen LogP contribution in [-0.2, 0) is 6.42 Å². The van der Waals surface area contributed by atoms with Crippen LogP contribution < -0.4 is 11.1 Å². The molecular weight excluding hydrogens is 254 g/mol. The minimum Gasteiger partial charge on any atom is -0.389 e. The summed E-state index contributed by atoms with van der Waals surface area (Å²) in [5.41, 5.74) is 8.71. The second-order valence-corrected chi connectivity index (χ2v) is 4.85. The molecule has 98 valence electrons. The Labute approximate surface area is 118 Å². The molecule has 0 fully saturated rings. The minimum atomic E-state index is 0.400. The molecule has 0 atom stereocenters. The fraction of sp³-hybridized carbons (Fsp3) is 0.200. The van der Waals surface area contributed by atoms with Gasteiger partial charge in [-0.1, -0.05) is 42.5 Å². The highest BCUT2D eigenvalue weighted by molar-refractivity contribution is 7.80. The summed E-state index contributed by atoms with van der Waals surface area (Å²) in [5.74, 6) is 0.818. The molecule has 4 heteroatoms. The molecule has 2 rings (SSSR count). The number of nitrogens with one attached hydrogen (secondary N) is 1. The van der Waals surface area contributed by atoms with Gasteiger partial charge in [-0.3, -0.25) is 0 Å². The first-order chi connectivity index (χ1) is 9.15. The van der Waals surface area contributed by atoms with Gasteiger partial charge in [0, 0.05) is 17.8 Å². The van der Waals surface area contributed by atoms with Crippen molar-refractivity contribution in [2.45, 2.75) is 13.3 Å². The molecule has 1 aromatic carbocycles. The van der Waals surface area contributed by atoms with Gasteiger partial charge in [0.1, 0.15) is 10.8 Å². The van der Waals surface area contributed by atoms with Crippen molar-refractivity contribution in [3.63, 3.8) is 0 Å². The summed E-state index contributed by atoms with van der Waals surface area (Å²) in [6.07, 6.45) is 0.957. The smallest absolute Gasteiger partial charge is 0.126 e. The zero-order valence-corrected chi connectivity index (χ0v) is 11.7. The van der Waals surface area contributed by atoms with E-state index in [-0.39, 0.29) is 0 Å². The number of nitrogens with zero attached hydrogens (tertiary/aromatic N) is 1. The van der Waals surface area contributed by atoms with Gasteiger partial charge in [-0.2, -0.15) is 0 Å². The largest absolute Gasteiger partial charge is 0.389 e. The molecule has 0 aliphatic carbocycles. The molecule has 0 saturated carbocycles. The van der Waals surface area contributed by atoms with Gasteiger partial charge in [-0.15, -0.1) is 0 Å². The summed E-state index contributed by atoms with van der Waals surface area (Å²) in [5, 5.41) is 3.30. The molecule has 0 radical (unpaired) electrons. The maximum Gasteiger partial charge on any atom is 0.126 e. The van der Waals surface area contributed by atoms with Crippen LogP contribution in [0.15, 0.2) is 42.5 Å². The van der Waals surface area contributed by atoms with E-state index in [2.05, 4.69) is 22.4 Å². The molecule has 1 aromatic heterocycles. The second kappa shape index (κ2) is 6.29. The zero-order chi connectivity index (χ0) is 13.7. The number of anilines is 1. The van der Waals surface area contributed by atoms with Crippen LogP contribution in [0.4, 0.5) is 5.82 Å². The van der Waals surface area contributed by atoms with Crippen molar-refractivity contribution in [3.8, 4) is 0 Å². The van der Waals surface area contributed by atoms with Crippen molar-refractivity contribution >= 4 is 23.0 Å². The maximum absolute atomic E-state index is 5.65. The van der Waals surface area contributed by atoms with Crippen LogP contribution in [0.3, 0.4) is 0 Å². The molecule has 0 saturated heterocycles. The number of benzene rings is 1. The Morgan fingerprint density at radius 2 is 2.00 bits per heavy atom. The Kier molecular flexibility index (Phi) is 4.47. The van der Waals surface area contributed by atoms with E-state index in [1.54, 1.807) is 0 Å². The number of rotatable bonds is 5. The van der Waals surface area contributed by atoms with E-state index in [0.29, 0.717) is 4.99 Å². The van der Waals surface area contributed by atoms with Gasteiger partial charge in [-0.05, 0) is 31.0 Å². The first kappa shape index (κ1) is 13.5. The van der Waals surface area contributed by atoms with Crippen LogP contribution in [0.1, 0.15) is 16.8 Å². The molecule has 3 N–H and O–H groups in total. The van der Waals surface area contributed by atoms with Gasteiger partial charge in [0.05, 0.1) is 0 Å². The van der Waals surface area contributed by atoms with Gasteiger partial charge >= 0.3 is 0 Å². The van der Waals surface area contributed by atoms with E-state index in [1.807, 2.05) is 37.3 Å². The van der Waals surface area contributed by atoms with Crippen molar-refractivity contribution < 1.29 is 0 Å². The van der Waals surface area contributed by atoms with Crippen LogP contribution in [0, 0.1) is 6.92 Å². The Morgan fingerprint density at radius 1 is 1.26 bits per heavy atom. The molecule has 0 unspecified atom stereocenters. The standard InChI is InChI=1S/C15H17N3S/c1-11-9-13(15(16)19)10-14(18-11)17-8-7-12-5-3-2-4-6-12/h2-6,9-10H,7-8H2,1H3,(H2,16,19)(H,17,18). The van der Waals surface area contributed by atoms with E-state index in [1.165, 1.54) is 5.56 Å². The van der Waals surface area contributed by atoms with E-state index in [9.17, 15) is 0 Å². The lowest BCUT2D eigenvalue weighted by Gasteiger charge is -2.08. The number of nitrogens with two attached hydrogens (primary N) is 1. The average Bonchev–Trinajstić information content (AvgIpc) is 2.39. The third kappa shape index (κ3) is 4.03. The lowest BCUT2D eigenvalue weighted by molar-refractivity contribution is 1.00. The van der Waals surface area contributed by atoms with Crippen LogP contribution in [0.2, 0.25) is 0 Å². The fourth-order valence-corrected chi connectivity index (χ4v) is 2.00. The Balaban J connectivity index is 1.98. The average molecular weight is 271 g/mol. The molecule has 19 heavy (non-hydrogen) atoms. The van der Waals surface area contributed by atoms with Crippen molar-refractivity contribution in [2.24, 2.45) is 5.73 Å². The van der Waals surface area contributed by atoms with Crippen LogP contribution in [-0.4, -0.2) is 16.5 Å². The van der Waals surface area contributed by atoms with E-state index < -0.39 is 0 Å². The number of hydrogen-bond donors (Lipinski definition) is 2. The van der Waals surface area contributed by atoms with Gasteiger partial charge in [0.2, 0.25) is 0 Å². The molecule has 0 spiro atoms. The lowest BCUT2D eigenvalue weighted by Crippen LogP contribution is -2.12. The molecule has 2 aromatic rings.